The van der Waals surface area contributed by atoms with Crippen molar-refractivity contribution in [2.75, 3.05) is 6.54 Å². The fraction of sp³-hybridized carbons (Fsp3) is 0.214. The van der Waals surface area contributed by atoms with Crippen molar-refractivity contribution in [3.8, 4) is 0 Å². The number of pyridine rings is 1. The van der Waals surface area contributed by atoms with E-state index in [1.165, 1.54) is 12.3 Å². The number of nitrogens with zero attached hydrogens (tertiary/aromatic N) is 1. The summed E-state index contributed by atoms with van der Waals surface area (Å²) >= 11 is 11.9. The summed E-state index contributed by atoms with van der Waals surface area (Å²) in [5.41, 5.74) is 1.06. The third-order valence-electron chi connectivity index (χ3n) is 2.79. The first-order chi connectivity index (χ1) is 9.52. The zero-order valence-electron chi connectivity index (χ0n) is 10.6. The minimum atomic E-state index is -0.907. The zero-order chi connectivity index (χ0) is 14.7. The predicted octanol–water partition coefficient (Wildman–Crippen LogP) is 4.37. The summed E-state index contributed by atoms with van der Waals surface area (Å²) in [5, 5.41) is 3.93. The molecule has 106 valence electrons. The molecule has 0 fully saturated rings. The van der Waals surface area contributed by atoms with E-state index in [2.05, 4.69) is 10.3 Å². The largest absolute Gasteiger partial charge is 0.305 e. The van der Waals surface area contributed by atoms with Crippen LogP contribution in [0.25, 0.3) is 0 Å². The molecular weight excluding hydrogens is 305 g/mol. The first-order valence-electron chi connectivity index (χ1n) is 6.02. The second-order valence-corrected chi connectivity index (χ2v) is 5.03. The molecule has 2 nitrogen and oxygen atoms in total. The Labute approximate surface area is 125 Å². The number of rotatable bonds is 4. The smallest absolute Gasteiger partial charge is 0.159 e. The van der Waals surface area contributed by atoms with Crippen molar-refractivity contribution in [3.05, 3.63) is 63.4 Å². The molecule has 1 aromatic heterocycles. The highest BCUT2D eigenvalue weighted by molar-refractivity contribution is 6.34. The van der Waals surface area contributed by atoms with Crippen LogP contribution >= 0.6 is 23.2 Å². The average Bonchev–Trinajstić information content (AvgIpc) is 2.40. The number of hydrogen-bond donors (Lipinski definition) is 1. The molecule has 0 aliphatic heterocycles. The Morgan fingerprint density at radius 2 is 1.95 bits per heavy atom. The highest BCUT2D eigenvalue weighted by Crippen LogP contribution is 2.29. The number of hydrogen-bond acceptors (Lipinski definition) is 2. The van der Waals surface area contributed by atoms with Gasteiger partial charge in [-0.2, -0.15) is 0 Å². The van der Waals surface area contributed by atoms with E-state index < -0.39 is 17.7 Å². The molecule has 1 atom stereocenters. The Kier molecular flexibility index (Phi) is 4.91. The lowest BCUT2D eigenvalue weighted by Gasteiger charge is -2.19. The van der Waals surface area contributed by atoms with Gasteiger partial charge in [0.25, 0.3) is 0 Å². The molecule has 0 radical (unpaired) electrons. The lowest BCUT2D eigenvalue weighted by Crippen LogP contribution is -2.23. The van der Waals surface area contributed by atoms with Gasteiger partial charge in [0, 0.05) is 6.20 Å². The molecule has 6 heteroatoms. The molecule has 1 unspecified atom stereocenters. The fourth-order valence-electron chi connectivity index (χ4n) is 1.91. The van der Waals surface area contributed by atoms with Crippen LogP contribution in [-0.4, -0.2) is 11.5 Å². The van der Waals surface area contributed by atoms with E-state index >= 15 is 0 Å². The maximum absolute atomic E-state index is 13.4. The summed E-state index contributed by atoms with van der Waals surface area (Å²) in [7, 11) is 0. The Bertz CT molecular complexity index is 620. The minimum absolute atomic E-state index is 0.369. The van der Waals surface area contributed by atoms with Gasteiger partial charge in [-0.25, -0.2) is 8.78 Å². The van der Waals surface area contributed by atoms with Gasteiger partial charge in [0.15, 0.2) is 11.6 Å². The second-order valence-electron chi connectivity index (χ2n) is 4.18. The van der Waals surface area contributed by atoms with Gasteiger partial charge in [-0.1, -0.05) is 36.2 Å². The van der Waals surface area contributed by atoms with Crippen molar-refractivity contribution >= 4 is 23.2 Å². The number of aromatic nitrogens is 1. The average molecular weight is 317 g/mol. The molecule has 1 aromatic carbocycles. The molecule has 0 amide bonds. The first-order valence-corrected chi connectivity index (χ1v) is 6.77. The van der Waals surface area contributed by atoms with Crippen molar-refractivity contribution in [3.63, 3.8) is 0 Å². The van der Waals surface area contributed by atoms with E-state index in [0.717, 1.165) is 12.1 Å². The zero-order valence-corrected chi connectivity index (χ0v) is 12.1. The van der Waals surface area contributed by atoms with Crippen LogP contribution in [0.1, 0.15) is 24.2 Å². The van der Waals surface area contributed by atoms with Crippen LogP contribution in [0.2, 0.25) is 10.0 Å². The second kappa shape index (κ2) is 6.48. The van der Waals surface area contributed by atoms with Crippen LogP contribution in [0.4, 0.5) is 8.78 Å². The van der Waals surface area contributed by atoms with Gasteiger partial charge in [0.2, 0.25) is 0 Å². The van der Waals surface area contributed by atoms with Crippen molar-refractivity contribution in [2.24, 2.45) is 0 Å². The summed E-state index contributed by atoms with van der Waals surface area (Å²) < 4.78 is 26.4. The third kappa shape index (κ3) is 3.26. The molecule has 0 aliphatic rings. The van der Waals surface area contributed by atoms with Gasteiger partial charge < -0.3 is 5.32 Å². The molecule has 0 bridgehead atoms. The Morgan fingerprint density at radius 3 is 2.55 bits per heavy atom. The van der Waals surface area contributed by atoms with Crippen LogP contribution in [0.15, 0.2) is 30.5 Å². The maximum atomic E-state index is 13.4. The van der Waals surface area contributed by atoms with Gasteiger partial charge in [-0.15, -0.1) is 0 Å². The molecule has 1 N–H and O–H groups in total. The SMILES string of the molecule is CCNC(c1ccc(F)c(F)c1)c1ncc(Cl)cc1Cl. The normalized spacial score (nSPS) is 12.4. The summed E-state index contributed by atoms with van der Waals surface area (Å²) in [5.74, 6) is -1.80. The Morgan fingerprint density at radius 1 is 1.20 bits per heavy atom. The molecule has 2 rings (SSSR count). The molecule has 0 saturated heterocycles. The standard InChI is InChI=1S/C14H12Cl2F2N2/c1-2-19-13(8-3-4-11(17)12(18)5-8)14-10(16)6-9(15)7-20-14/h3-7,13,19H,2H2,1H3. The number of halogens is 4. The minimum Gasteiger partial charge on any atom is -0.305 e. The van der Waals surface area contributed by atoms with Crippen LogP contribution in [0.3, 0.4) is 0 Å². The van der Waals surface area contributed by atoms with Crippen molar-refractivity contribution in [1.29, 1.82) is 0 Å². The highest BCUT2D eigenvalue weighted by Gasteiger charge is 2.19. The summed E-state index contributed by atoms with van der Waals surface area (Å²) in [6, 6.07) is 4.85. The van der Waals surface area contributed by atoms with E-state index in [-0.39, 0.29) is 0 Å². The van der Waals surface area contributed by atoms with Crippen LogP contribution in [-0.2, 0) is 0 Å². The molecule has 1 heterocycles. The first kappa shape index (κ1) is 15.2. The third-order valence-corrected chi connectivity index (χ3v) is 3.30. The van der Waals surface area contributed by atoms with Crippen molar-refractivity contribution in [1.82, 2.24) is 10.3 Å². The van der Waals surface area contributed by atoms with E-state index in [4.69, 9.17) is 23.2 Å². The quantitative estimate of drug-likeness (QED) is 0.906. The van der Waals surface area contributed by atoms with Crippen molar-refractivity contribution < 1.29 is 8.78 Å². The van der Waals surface area contributed by atoms with E-state index in [0.29, 0.717) is 27.8 Å². The summed E-state index contributed by atoms with van der Waals surface area (Å²) in [6.07, 6.45) is 1.47. The number of nitrogens with one attached hydrogen (secondary N) is 1. The lowest BCUT2D eigenvalue weighted by atomic mass is 10.0. The molecule has 0 aliphatic carbocycles. The van der Waals surface area contributed by atoms with Crippen LogP contribution < -0.4 is 5.32 Å². The fourth-order valence-corrected chi connectivity index (χ4v) is 2.40. The number of benzene rings is 1. The Hall–Kier alpha value is -1.23. The predicted molar refractivity (Wildman–Crippen MR) is 76.1 cm³/mol. The molecule has 0 saturated carbocycles. The van der Waals surface area contributed by atoms with Crippen LogP contribution in [0.5, 0.6) is 0 Å². The monoisotopic (exact) mass is 316 g/mol. The summed E-state index contributed by atoms with van der Waals surface area (Å²) in [4.78, 5) is 4.18. The maximum Gasteiger partial charge on any atom is 0.159 e. The molecule has 0 spiro atoms. The van der Waals surface area contributed by atoms with Crippen LogP contribution in [0, 0.1) is 11.6 Å². The molecular formula is C14H12Cl2F2N2. The van der Waals surface area contributed by atoms with E-state index in [9.17, 15) is 8.78 Å². The van der Waals surface area contributed by atoms with E-state index in [1.54, 1.807) is 6.07 Å². The van der Waals surface area contributed by atoms with Gasteiger partial charge in [-0.3, -0.25) is 4.98 Å². The summed E-state index contributed by atoms with van der Waals surface area (Å²) in [6.45, 7) is 2.51. The lowest BCUT2D eigenvalue weighted by molar-refractivity contribution is 0.503. The van der Waals surface area contributed by atoms with E-state index in [1.807, 2.05) is 6.92 Å². The molecule has 2 aromatic rings. The van der Waals surface area contributed by atoms with Crippen molar-refractivity contribution in [2.45, 2.75) is 13.0 Å². The van der Waals surface area contributed by atoms with Gasteiger partial charge in [0.1, 0.15) is 0 Å². The Balaban J connectivity index is 2.47. The van der Waals surface area contributed by atoms with Gasteiger partial charge in [0.05, 0.1) is 21.8 Å². The molecule has 20 heavy (non-hydrogen) atoms. The van der Waals surface area contributed by atoms with Gasteiger partial charge >= 0.3 is 0 Å². The van der Waals surface area contributed by atoms with Gasteiger partial charge in [-0.05, 0) is 30.3 Å². The topological polar surface area (TPSA) is 24.9 Å². The highest BCUT2D eigenvalue weighted by atomic mass is 35.5.